The molecule has 14 heavy (non-hydrogen) atoms. The van der Waals surface area contributed by atoms with E-state index in [2.05, 4.69) is 41.5 Å². The summed E-state index contributed by atoms with van der Waals surface area (Å²) in [6.45, 7) is 14.2. The van der Waals surface area contributed by atoms with Crippen molar-refractivity contribution in [3.63, 3.8) is 0 Å². The lowest BCUT2D eigenvalue weighted by Crippen LogP contribution is -2.20. The van der Waals surface area contributed by atoms with Crippen LogP contribution in [0.15, 0.2) is 0 Å². The maximum absolute atomic E-state index is 2.46. The first-order valence-electron chi connectivity index (χ1n) is 6.52. The first-order valence-corrected chi connectivity index (χ1v) is 6.52. The third-order valence-corrected chi connectivity index (χ3v) is 3.72. The summed E-state index contributed by atoms with van der Waals surface area (Å²) in [6.07, 6.45) is 5.51. The SMILES string of the molecule is CCCC(CC(C)C)C(C)C(C)CC. The van der Waals surface area contributed by atoms with E-state index >= 15 is 0 Å². The highest BCUT2D eigenvalue weighted by Gasteiger charge is 2.21. The highest BCUT2D eigenvalue weighted by Crippen LogP contribution is 2.31. The second-order valence-corrected chi connectivity index (χ2v) is 5.42. The van der Waals surface area contributed by atoms with Crippen LogP contribution in [0.25, 0.3) is 0 Å². The Morgan fingerprint density at radius 3 is 1.86 bits per heavy atom. The van der Waals surface area contributed by atoms with E-state index < -0.39 is 0 Å². The first-order chi connectivity index (χ1) is 6.52. The molecule has 0 nitrogen and oxygen atoms in total. The number of hydrogen-bond acceptors (Lipinski definition) is 0. The molecule has 0 aromatic heterocycles. The second kappa shape index (κ2) is 7.31. The zero-order valence-electron chi connectivity index (χ0n) is 11.1. The Morgan fingerprint density at radius 1 is 0.929 bits per heavy atom. The maximum Gasteiger partial charge on any atom is -0.0384 e. The minimum atomic E-state index is 0.859. The Bertz CT molecular complexity index is 126. The molecule has 3 unspecified atom stereocenters. The van der Waals surface area contributed by atoms with Gasteiger partial charge in [0.05, 0.1) is 0 Å². The molecule has 0 N–H and O–H groups in total. The van der Waals surface area contributed by atoms with Crippen LogP contribution in [-0.2, 0) is 0 Å². The highest BCUT2D eigenvalue weighted by atomic mass is 14.3. The molecule has 0 rings (SSSR count). The van der Waals surface area contributed by atoms with Gasteiger partial charge < -0.3 is 0 Å². The summed E-state index contributed by atoms with van der Waals surface area (Å²) < 4.78 is 0. The monoisotopic (exact) mass is 198 g/mol. The van der Waals surface area contributed by atoms with Crippen molar-refractivity contribution >= 4 is 0 Å². The summed E-state index contributed by atoms with van der Waals surface area (Å²) in [5.74, 6) is 3.61. The molecule has 0 fully saturated rings. The van der Waals surface area contributed by atoms with Crippen LogP contribution in [0, 0.1) is 23.7 Å². The van der Waals surface area contributed by atoms with Crippen LogP contribution in [-0.4, -0.2) is 0 Å². The van der Waals surface area contributed by atoms with Crippen LogP contribution < -0.4 is 0 Å². The van der Waals surface area contributed by atoms with E-state index in [9.17, 15) is 0 Å². The van der Waals surface area contributed by atoms with E-state index in [1.807, 2.05) is 0 Å². The van der Waals surface area contributed by atoms with Gasteiger partial charge in [-0.15, -0.1) is 0 Å². The van der Waals surface area contributed by atoms with Gasteiger partial charge in [-0.2, -0.15) is 0 Å². The predicted octanol–water partition coefficient (Wildman–Crippen LogP) is 5.13. The molecular weight excluding hydrogens is 168 g/mol. The van der Waals surface area contributed by atoms with Gasteiger partial charge >= 0.3 is 0 Å². The predicted molar refractivity (Wildman–Crippen MR) is 66.5 cm³/mol. The van der Waals surface area contributed by atoms with Crippen molar-refractivity contribution in [3.8, 4) is 0 Å². The Hall–Kier alpha value is 0. The third-order valence-electron chi connectivity index (χ3n) is 3.72. The molecule has 0 aromatic rings. The first kappa shape index (κ1) is 14.0. The fourth-order valence-corrected chi connectivity index (χ4v) is 2.41. The summed E-state index contributed by atoms with van der Waals surface area (Å²) in [5.41, 5.74) is 0. The molecular formula is C14H30. The smallest absolute Gasteiger partial charge is 0.0384 e. The molecule has 0 heteroatoms. The van der Waals surface area contributed by atoms with Crippen molar-refractivity contribution in [2.24, 2.45) is 23.7 Å². The minimum absolute atomic E-state index is 0.859. The lowest BCUT2D eigenvalue weighted by Gasteiger charge is -2.29. The van der Waals surface area contributed by atoms with E-state index in [1.165, 1.54) is 25.7 Å². The summed E-state index contributed by atoms with van der Waals surface area (Å²) in [7, 11) is 0. The standard InChI is InChI=1S/C14H30/c1-7-9-14(10-11(3)4)13(6)12(5)8-2/h11-14H,7-10H2,1-6H3. The average molecular weight is 198 g/mol. The molecule has 0 aliphatic rings. The van der Waals surface area contributed by atoms with Gasteiger partial charge in [0.1, 0.15) is 0 Å². The molecule has 0 aliphatic carbocycles. The largest absolute Gasteiger partial charge is 0.0654 e. The van der Waals surface area contributed by atoms with Gasteiger partial charge in [-0.3, -0.25) is 0 Å². The normalized spacial score (nSPS) is 18.2. The third kappa shape index (κ3) is 5.02. The quantitative estimate of drug-likeness (QED) is 0.532. The second-order valence-electron chi connectivity index (χ2n) is 5.42. The van der Waals surface area contributed by atoms with Gasteiger partial charge in [-0.25, -0.2) is 0 Å². The van der Waals surface area contributed by atoms with Crippen molar-refractivity contribution in [2.75, 3.05) is 0 Å². The van der Waals surface area contributed by atoms with Crippen LogP contribution in [0.5, 0.6) is 0 Å². The Kier molecular flexibility index (Phi) is 7.31. The molecule has 86 valence electrons. The zero-order chi connectivity index (χ0) is 11.1. The molecule has 0 aliphatic heterocycles. The van der Waals surface area contributed by atoms with Crippen molar-refractivity contribution in [3.05, 3.63) is 0 Å². The van der Waals surface area contributed by atoms with Crippen LogP contribution in [0.2, 0.25) is 0 Å². The van der Waals surface area contributed by atoms with E-state index in [0.29, 0.717) is 0 Å². The van der Waals surface area contributed by atoms with Gasteiger partial charge in [0, 0.05) is 0 Å². The molecule has 0 amide bonds. The Balaban J connectivity index is 4.16. The molecule has 0 bridgehead atoms. The van der Waals surface area contributed by atoms with Crippen LogP contribution in [0.4, 0.5) is 0 Å². The molecule has 0 heterocycles. The molecule has 0 spiro atoms. The minimum Gasteiger partial charge on any atom is -0.0654 e. The van der Waals surface area contributed by atoms with Crippen LogP contribution in [0.1, 0.15) is 67.2 Å². The van der Waals surface area contributed by atoms with Gasteiger partial charge in [0.2, 0.25) is 0 Å². The van der Waals surface area contributed by atoms with Crippen LogP contribution >= 0.6 is 0 Å². The van der Waals surface area contributed by atoms with Gasteiger partial charge in [0.15, 0.2) is 0 Å². The Labute approximate surface area is 91.5 Å². The average Bonchev–Trinajstić information content (AvgIpc) is 2.14. The summed E-state index contributed by atoms with van der Waals surface area (Å²) in [5, 5.41) is 0. The fraction of sp³-hybridized carbons (Fsp3) is 1.00. The lowest BCUT2D eigenvalue weighted by atomic mass is 9.76. The number of hydrogen-bond donors (Lipinski definition) is 0. The molecule has 0 saturated carbocycles. The van der Waals surface area contributed by atoms with Gasteiger partial charge in [-0.1, -0.05) is 60.8 Å². The molecule has 0 aromatic carbocycles. The molecule has 0 radical (unpaired) electrons. The van der Waals surface area contributed by atoms with Crippen molar-refractivity contribution in [1.29, 1.82) is 0 Å². The molecule has 0 saturated heterocycles. The van der Waals surface area contributed by atoms with Crippen molar-refractivity contribution in [2.45, 2.75) is 67.2 Å². The summed E-state index contributed by atoms with van der Waals surface area (Å²) >= 11 is 0. The fourth-order valence-electron chi connectivity index (χ4n) is 2.41. The summed E-state index contributed by atoms with van der Waals surface area (Å²) in [4.78, 5) is 0. The van der Waals surface area contributed by atoms with Gasteiger partial charge in [-0.05, 0) is 30.1 Å². The van der Waals surface area contributed by atoms with Gasteiger partial charge in [0.25, 0.3) is 0 Å². The lowest BCUT2D eigenvalue weighted by molar-refractivity contribution is 0.210. The van der Waals surface area contributed by atoms with Crippen LogP contribution in [0.3, 0.4) is 0 Å². The van der Waals surface area contributed by atoms with E-state index in [1.54, 1.807) is 0 Å². The number of rotatable bonds is 7. The summed E-state index contributed by atoms with van der Waals surface area (Å²) in [6, 6.07) is 0. The Morgan fingerprint density at radius 2 is 1.50 bits per heavy atom. The zero-order valence-corrected chi connectivity index (χ0v) is 11.1. The maximum atomic E-state index is 2.46. The topological polar surface area (TPSA) is 0 Å². The highest BCUT2D eigenvalue weighted by molar-refractivity contribution is 4.71. The van der Waals surface area contributed by atoms with Crippen molar-refractivity contribution < 1.29 is 0 Å². The van der Waals surface area contributed by atoms with E-state index in [0.717, 1.165) is 23.7 Å². The van der Waals surface area contributed by atoms with E-state index in [4.69, 9.17) is 0 Å². The van der Waals surface area contributed by atoms with Crippen molar-refractivity contribution in [1.82, 2.24) is 0 Å². The molecule has 3 atom stereocenters. The van der Waals surface area contributed by atoms with E-state index in [-0.39, 0.29) is 0 Å².